The van der Waals surface area contributed by atoms with Gasteiger partial charge in [-0.05, 0) is 37.4 Å². The Hall–Kier alpha value is -0.703. The first-order chi connectivity index (χ1) is 7.81. The van der Waals surface area contributed by atoms with E-state index in [4.69, 9.17) is 4.43 Å². The Kier molecular flexibility index (Phi) is 7.28. The number of unbranched alkanes of at least 4 members (excludes halogenated alkanes) is 2. The van der Waals surface area contributed by atoms with Crippen molar-refractivity contribution in [2.45, 2.75) is 58.2 Å². The van der Waals surface area contributed by atoms with E-state index >= 15 is 0 Å². The molecular formula is C13H25NO2Si. The normalized spacial score (nSPS) is 12.8. The maximum atomic E-state index is 9.79. The molecule has 0 rings (SSSR count). The standard InChI is InChI=1S/C13H25NO2Si/c1-13(2,3)17(4,5)16-11-9-7-6-8-10-14-12-15/h8,10H,6-7,9,11H2,1-5H3/b10-8+. The van der Waals surface area contributed by atoms with E-state index in [1.807, 2.05) is 6.08 Å². The zero-order valence-corrected chi connectivity index (χ0v) is 12.7. The second-order valence-electron chi connectivity index (χ2n) is 5.71. The molecule has 0 N–H and O–H groups in total. The molecule has 0 heterocycles. The second kappa shape index (κ2) is 7.59. The van der Waals surface area contributed by atoms with Gasteiger partial charge in [0.05, 0.1) is 0 Å². The van der Waals surface area contributed by atoms with Crippen LogP contribution in [0.15, 0.2) is 17.3 Å². The molecule has 98 valence electrons. The summed E-state index contributed by atoms with van der Waals surface area (Å²) in [5, 5.41) is 0.283. The van der Waals surface area contributed by atoms with Gasteiger partial charge in [0, 0.05) is 12.8 Å². The van der Waals surface area contributed by atoms with E-state index in [1.165, 1.54) is 12.3 Å². The quantitative estimate of drug-likeness (QED) is 0.298. The Labute approximate surface area is 106 Å². The molecule has 0 aromatic heterocycles. The fourth-order valence-electron chi connectivity index (χ4n) is 1.07. The molecule has 17 heavy (non-hydrogen) atoms. The molecule has 0 aromatic carbocycles. The van der Waals surface area contributed by atoms with Crippen molar-refractivity contribution in [1.82, 2.24) is 0 Å². The zero-order valence-electron chi connectivity index (χ0n) is 11.7. The first kappa shape index (κ1) is 16.3. The van der Waals surface area contributed by atoms with Crippen LogP contribution in [-0.4, -0.2) is 21.0 Å². The van der Waals surface area contributed by atoms with Crippen LogP contribution in [0, 0.1) is 0 Å². The smallest absolute Gasteiger partial charge is 0.239 e. The summed E-state index contributed by atoms with van der Waals surface area (Å²) in [7, 11) is -1.57. The molecule has 0 radical (unpaired) electrons. The SMILES string of the molecule is CC(C)(C)[Si](C)(C)OCCCC/C=C/N=C=O. The third-order valence-electron chi connectivity index (χ3n) is 3.27. The topological polar surface area (TPSA) is 38.7 Å². The number of hydrogen-bond acceptors (Lipinski definition) is 3. The molecule has 0 bridgehead atoms. The highest BCUT2D eigenvalue weighted by Gasteiger charge is 2.36. The van der Waals surface area contributed by atoms with Gasteiger partial charge in [0.15, 0.2) is 8.32 Å². The molecule has 0 atom stereocenters. The highest BCUT2D eigenvalue weighted by molar-refractivity contribution is 6.74. The van der Waals surface area contributed by atoms with Crippen molar-refractivity contribution in [3.8, 4) is 0 Å². The van der Waals surface area contributed by atoms with Gasteiger partial charge in [-0.1, -0.05) is 26.8 Å². The maximum absolute atomic E-state index is 9.79. The van der Waals surface area contributed by atoms with E-state index in [0.717, 1.165) is 25.9 Å². The van der Waals surface area contributed by atoms with E-state index in [1.54, 1.807) is 0 Å². The molecule has 4 heteroatoms. The first-order valence-corrected chi connectivity index (χ1v) is 9.08. The van der Waals surface area contributed by atoms with Crippen LogP contribution < -0.4 is 0 Å². The highest BCUT2D eigenvalue weighted by atomic mass is 28.4. The van der Waals surface area contributed by atoms with Crippen LogP contribution in [0.4, 0.5) is 0 Å². The van der Waals surface area contributed by atoms with Crippen molar-refractivity contribution in [3.63, 3.8) is 0 Å². The largest absolute Gasteiger partial charge is 0.417 e. The van der Waals surface area contributed by atoms with Gasteiger partial charge in [0.25, 0.3) is 0 Å². The first-order valence-electron chi connectivity index (χ1n) is 6.17. The average molecular weight is 255 g/mol. The van der Waals surface area contributed by atoms with Crippen molar-refractivity contribution in [1.29, 1.82) is 0 Å². The van der Waals surface area contributed by atoms with Gasteiger partial charge in [-0.2, -0.15) is 4.99 Å². The molecule has 0 aromatic rings. The minimum absolute atomic E-state index is 0.283. The van der Waals surface area contributed by atoms with Crippen LogP contribution in [0.2, 0.25) is 18.1 Å². The Morgan fingerprint density at radius 2 is 1.94 bits per heavy atom. The lowest BCUT2D eigenvalue weighted by Crippen LogP contribution is -2.40. The summed E-state index contributed by atoms with van der Waals surface area (Å²) in [5.41, 5.74) is 0. The molecule has 3 nitrogen and oxygen atoms in total. The number of carbonyl (C=O) groups excluding carboxylic acids is 1. The lowest BCUT2D eigenvalue weighted by atomic mass is 10.2. The van der Waals surface area contributed by atoms with Crippen LogP contribution in [0.25, 0.3) is 0 Å². The predicted molar refractivity (Wildman–Crippen MR) is 74.3 cm³/mol. The summed E-state index contributed by atoms with van der Waals surface area (Å²) in [5.74, 6) is 0. The Morgan fingerprint density at radius 1 is 1.29 bits per heavy atom. The summed E-state index contributed by atoms with van der Waals surface area (Å²) in [6.45, 7) is 12.1. The second-order valence-corrected chi connectivity index (χ2v) is 10.5. The lowest BCUT2D eigenvalue weighted by molar-refractivity contribution is 0.279. The summed E-state index contributed by atoms with van der Waals surface area (Å²) in [4.78, 5) is 13.1. The molecule has 0 aliphatic rings. The number of rotatable bonds is 7. The van der Waals surface area contributed by atoms with Gasteiger partial charge in [0.1, 0.15) is 0 Å². The minimum atomic E-state index is -1.57. The molecule has 0 fully saturated rings. The van der Waals surface area contributed by atoms with E-state index in [2.05, 4.69) is 38.9 Å². The van der Waals surface area contributed by atoms with Crippen molar-refractivity contribution < 1.29 is 9.22 Å². The Balaban J connectivity index is 3.68. The average Bonchev–Trinajstić information content (AvgIpc) is 2.20. The van der Waals surface area contributed by atoms with Gasteiger partial charge in [-0.25, -0.2) is 4.79 Å². The van der Waals surface area contributed by atoms with E-state index in [-0.39, 0.29) is 5.04 Å². The molecule has 0 saturated carbocycles. The van der Waals surface area contributed by atoms with Gasteiger partial charge >= 0.3 is 0 Å². The Morgan fingerprint density at radius 3 is 2.47 bits per heavy atom. The van der Waals surface area contributed by atoms with Gasteiger partial charge in [0.2, 0.25) is 6.08 Å². The number of hydrogen-bond donors (Lipinski definition) is 0. The van der Waals surface area contributed by atoms with Crippen molar-refractivity contribution in [2.75, 3.05) is 6.61 Å². The van der Waals surface area contributed by atoms with E-state index < -0.39 is 8.32 Å². The number of isocyanates is 1. The third-order valence-corrected chi connectivity index (χ3v) is 7.81. The lowest BCUT2D eigenvalue weighted by Gasteiger charge is -2.36. The number of nitrogens with zero attached hydrogens (tertiary/aromatic N) is 1. The fraction of sp³-hybridized carbons (Fsp3) is 0.769. The third kappa shape index (κ3) is 7.26. The summed E-state index contributed by atoms with van der Waals surface area (Å²) >= 11 is 0. The van der Waals surface area contributed by atoms with Crippen LogP contribution in [0.3, 0.4) is 0 Å². The number of aliphatic imine (C=N–C) groups is 1. The summed E-state index contributed by atoms with van der Waals surface area (Å²) < 4.78 is 6.05. The molecule has 0 saturated heterocycles. The molecule has 0 aliphatic heterocycles. The molecule has 0 spiro atoms. The summed E-state index contributed by atoms with van der Waals surface area (Å²) in [6.07, 6.45) is 7.93. The Bertz CT molecular complexity index is 286. The molecule has 0 amide bonds. The molecule has 0 aliphatic carbocycles. The molecular weight excluding hydrogens is 230 g/mol. The molecule has 0 unspecified atom stereocenters. The minimum Gasteiger partial charge on any atom is -0.417 e. The fourth-order valence-corrected chi connectivity index (χ4v) is 2.15. The van der Waals surface area contributed by atoms with Gasteiger partial charge in [-0.15, -0.1) is 0 Å². The van der Waals surface area contributed by atoms with Crippen LogP contribution in [0.5, 0.6) is 0 Å². The summed E-state index contributed by atoms with van der Waals surface area (Å²) in [6, 6.07) is 0. The van der Waals surface area contributed by atoms with Crippen molar-refractivity contribution in [3.05, 3.63) is 12.3 Å². The van der Waals surface area contributed by atoms with Crippen molar-refractivity contribution >= 4 is 14.4 Å². The predicted octanol–water partition coefficient (Wildman–Crippen LogP) is 4.03. The number of allylic oxidation sites excluding steroid dienone is 1. The van der Waals surface area contributed by atoms with Crippen LogP contribution >= 0.6 is 0 Å². The highest BCUT2D eigenvalue weighted by Crippen LogP contribution is 2.36. The maximum Gasteiger partial charge on any atom is 0.239 e. The van der Waals surface area contributed by atoms with Gasteiger partial charge < -0.3 is 4.43 Å². The van der Waals surface area contributed by atoms with E-state index in [9.17, 15) is 4.79 Å². The van der Waals surface area contributed by atoms with Crippen LogP contribution in [0.1, 0.15) is 40.0 Å². The van der Waals surface area contributed by atoms with Crippen LogP contribution in [-0.2, 0) is 9.22 Å². The van der Waals surface area contributed by atoms with Crippen molar-refractivity contribution in [2.24, 2.45) is 4.99 Å². The van der Waals surface area contributed by atoms with E-state index in [0.29, 0.717) is 0 Å². The van der Waals surface area contributed by atoms with Gasteiger partial charge in [-0.3, -0.25) is 0 Å². The zero-order chi connectivity index (χ0) is 13.4. The monoisotopic (exact) mass is 255 g/mol.